The normalized spacial score (nSPS) is 11.1. The highest BCUT2D eigenvalue weighted by atomic mass is 35.5. The predicted molar refractivity (Wildman–Crippen MR) is 108 cm³/mol. The maximum absolute atomic E-state index is 6.20. The van der Waals surface area contributed by atoms with E-state index < -0.39 is 0 Å². The van der Waals surface area contributed by atoms with Crippen molar-refractivity contribution >= 4 is 12.4 Å². The molecule has 0 aromatic heterocycles. The second-order valence-corrected chi connectivity index (χ2v) is 5.67. The highest BCUT2D eigenvalue weighted by Gasteiger charge is 2.12. The van der Waals surface area contributed by atoms with Gasteiger partial charge in [0.25, 0.3) is 0 Å². The average molecular weight is 368 g/mol. The van der Waals surface area contributed by atoms with E-state index >= 15 is 0 Å². The molecule has 0 saturated heterocycles. The van der Waals surface area contributed by atoms with Crippen LogP contribution in [-0.4, -0.2) is 0 Å². The molecular formula is C22H22ClNO2. The third-order valence-corrected chi connectivity index (χ3v) is 3.76. The summed E-state index contributed by atoms with van der Waals surface area (Å²) in [5.41, 5.74) is 7.18. The molecule has 0 aliphatic carbocycles. The van der Waals surface area contributed by atoms with Gasteiger partial charge in [-0.1, -0.05) is 48.5 Å². The van der Waals surface area contributed by atoms with Crippen molar-refractivity contribution in [3.8, 4) is 23.0 Å². The minimum absolute atomic E-state index is 0. The van der Waals surface area contributed by atoms with Crippen molar-refractivity contribution in [2.24, 2.45) is 5.73 Å². The molecule has 0 amide bonds. The minimum atomic E-state index is -0.124. The molecule has 26 heavy (non-hydrogen) atoms. The molecule has 0 unspecified atom stereocenters. The zero-order valence-corrected chi connectivity index (χ0v) is 15.2. The quantitative estimate of drug-likeness (QED) is 0.500. The van der Waals surface area contributed by atoms with E-state index in [1.54, 1.807) is 0 Å². The molecule has 4 heteroatoms. The van der Waals surface area contributed by atoms with Gasteiger partial charge in [-0.15, -0.1) is 19.0 Å². The Morgan fingerprint density at radius 3 is 1.88 bits per heavy atom. The Bertz CT molecular complexity index is 822. The predicted octanol–water partition coefficient (Wildman–Crippen LogP) is 6.27. The largest absolute Gasteiger partial charge is 0.453 e. The van der Waals surface area contributed by atoms with Gasteiger partial charge in [-0.05, 0) is 48.4 Å². The lowest BCUT2D eigenvalue weighted by Gasteiger charge is -2.16. The van der Waals surface area contributed by atoms with Gasteiger partial charge in [-0.25, -0.2) is 0 Å². The SMILES string of the molecule is C=CC[C@@H](N)c1ccc(Oc2ccccc2)c(Oc2ccccc2)c1.Cl. The Hall–Kier alpha value is -2.75. The van der Waals surface area contributed by atoms with E-state index in [0.717, 1.165) is 17.1 Å². The Labute approximate surface area is 160 Å². The molecule has 0 spiro atoms. The number of para-hydroxylation sites is 2. The third-order valence-electron chi connectivity index (χ3n) is 3.76. The summed E-state index contributed by atoms with van der Waals surface area (Å²) in [4.78, 5) is 0. The van der Waals surface area contributed by atoms with Crippen molar-refractivity contribution in [2.75, 3.05) is 0 Å². The number of ether oxygens (including phenoxy) is 2. The van der Waals surface area contributed by atoms with Gasteiger partial charge in [-0.3, -0.25) is 0 Å². The molecule has 0 aliphatic heterocycles. The second-order valence-electron chi connectivity index (χ2n) is 5.67. The van der Waals surface area contributed by atoms with Gasteiger partial charge >= 0.3 is 0 Å². The molecule has 3 aromatic carbocycles. The van der Waals surface area contributed by atoms with Crippen molar-refractivity contribution in [3.63, 3.8) is 0 Å². The van der Waals surface area contributed by atoms with Crippen LogP contribution in [0.15, 0.2) is 91.5 Å². The molecule has 1 atom stereocenters. The number of nitrogens with two attached hydrogens (primary N) is 1. The lowest BCUT2D eigenvalue weighted by Crippen LogP contribution is -2.09. The van der Waals surface area contributed by atoms with Crippen LogP contribution in [0.4, 0.5) is 0 Å². The van der Waals surface area contributed by atoms with E-state index in [0.29, 0.717) is 17.9 Å². The van der Waals surface area contributed by atoms with Crippen LogP contribution in [0.2, 0.25) is 0 Å². The summed E-state index contributed by atoms with van der Waals surface area (Å²) in [6, 6.07) is 24.9. The molecule has 0 bridgehead atoms. The highest BCUT2D eigenvalue weighted by Crippen LogP contribution is 2.37. The molecule has 0 radical (unpaired) electrons. The van der Waals surface area contributed by atoms with Gasteiger partial charge in [0, 0.05) is 6.04 Å². The number of rotatable bonds is 7. The monoisotopic (exact) mass is 367 g/mol. The standard InChI is InChI=1S/C22H21NO2.ClH/c1-2-9-20(23)17-14-15-21(24-18-10-5-3-6-11-18)22(16-17)25-19-12-7-4-8-13-19;/h2-8,10-16,20H,1,9,23H2;1H/t20-;/m1./s1. The maximum Gasteiger partial charge on any atom is 0.170 e. The molecule has 3 nitrogen and oxygen atoms in total. The number of halogens is 1. The Morgan fingerprint density at radius 2 is 1.35 bits per heavy atom. The molecule has 134 valence electrons. The molecule has 0 heterocycles. The fourth-order valence-corrected chi connectivity index (χ4v) is 2.47. The fraction of sp³-hybridized carbons (Fsp3) is 0.0909. The average Bonchev–Trinajstić information content (AvgIpc) is 2.65. The topological polar surface area (TPSA) is 44.5 Å². The van der Waals surface area contributed by atoms with Crippen molar-refractivity contribution in [3.05, 3.63) is 97.1 Å². The van der Waals surface area contributed by atoms with Crippen molar-refractivity contribution in [1.29, 1.82) is 0 Å². The third kappa shape index (κ3) is 5.12. The summed E-state index contributed by atoms with van der Waals surface area (Å²) in [5.74, 6) is 2.77. The zero-order valence-electron chi connectivity index (χ0n) is 14.4. The Balaban J connectivity index is 0.00000243. The highest BCUT2D eigenvalue weighted by molar-refractivity contribution is 5.85. The van der Waals surface area contributed by atoms with Crippen LogP contribution >= 0.6 is 12.4 Å². The summed E-state index contributed by atoms with van der Waals surface area (Å²) < 4.78 is 12.0. The summed E-state index contributed by atoms with van der Waals surface area (Å²) in [6.45, 7) is 3.75. The van der Waals surface area contributed by atoms with Crippen LogP contribution < -0.4 is 15.2 Å². The van der Waals surface area contributed by atoms with E-state index in [-0.39, 0.29) is 18.4 Å². The van der Waals surface area contributed by atoms with E-state index in [1.807, 2.05) is 84.9 Å². The molecule has 3 aromatic rings. The van der Waals surface area contributed by atoms with Gasteiger partial charge in [0.05, 0.1) is 0 Å². The van der Waals surface area contributed by atoms with Crippen LogP contribution in [0.1, 0.15) is 18.0 Å². The molecule has 2 N–H and O–H groups in total. The zero-order chi connectivity index (χ0) is 17.5. The van der Waals surface area contributed by atoms with Gasteiger partial charge < -0.3 is 15.2 Å². The van der Waals surface area contributed by atoms with Crippen molar-refractivity contribution in [1.82, 2.24) is 0 Å². The molecular weight excluding hydrogens is 346 g/mol. The summed E-state index contributed by atoms with van der Waals surface area (Å²) in [5, 5.41) is 0. The smallest absolute Gasteiger partial charge is 0.170 e. The fourth-order valence-electron chi connectivity index (χ4n) is 2.47. The molecule has 0 aliphatic rings. The number of hydrogen-bond donors (Lipinski definition) is 1. The lowest BCUT2D eigenvalue weighted by atomic mass is 10.0. The van der Waals surface area contributed by atoms with E-state index in [9.17, 15) is 0 Å². The molecule has 0 saturated carbocycles. The first-order valence-electron chi connectivity index (χ1n) is 8.22. The van der Waals surface area contributed by atoms with Crippen molar-refractivity contribution < 1.29 is 9.47 Å². The van der Waals surface area contributed by atoms with E-state index in [2.05, 4.69) is 6.58 Å². The minimum Gasteiger partial charge on any atom is -0.453 e. The van der Waals surface area contributed by atoms with Crippen LogP contribution in [-0.2, 0) is 0 Å². The Morgan fingerprint density at radius 1 is 0.808 bits per heavy atom. The van der Waals surface area contributed by atoms with Gasteiger partial charge in [-0.2, -0.15) is 0 Å². The summed E-state index contributed by atoms with van der Waals surface area (Å²) in [6.07, 6.45) is 2.51. The van der Waals surface area contributed by atoms with E-state index in [1.165, 1.54) is 0 Å². The van der Waals surface area contributed by atoms with Gasteiger partial charge in [0.15, 0.2) is 11.5 Å². The summed E-state index contributed by atoms with van der Waals surface area (Å²) in [7, 11) is 0. The van der Waals surface area contributed by atoms with E-state index in [4.69, 9.17) is 15.2 Å². The lowest BCUT2D eigenvalue weighted by molar-refractivity contribution is 0.417. The first-order chi connectivity index (χ1) is 12.3. The maximum atomic E-state index is 6.20. The van der Waals surface area contributed by atoms with Crippen LogP contribution in [0, 0.1) is 0 Å². The van der Waals surface area contributed by atoms with Crippen LogP contribution in [0.5, 0.6) is 23.0 Å². The second kappa shape index (κ2) is 9.66. The number of benzene rings is 3. The first kappa shape index (κ1) is 19.6. The van der Waals surface area contributed by atoms with Gasteiger partial charge in [0.1, 0.15) is 11.5 Å². The first-order valence-corrected chi connectivity index (χ1v) is 8.22. The van der Waals surface area contributed by atoms with Gasteiger partial charge in [0.2, 0.25) is 0 Å². The summed E-state index contributed by atoms with van der Waals surface area (Å²) >= 11 is 0. The van der Waals surface area contributed by atoms with Crippen LogP contribution in [0.25, 0.3) is 0 Å². The molecule has 0 fully saturated rings. The van der Waals surface area contributed by atoms with Crippen molar-refractivity contribution in [2.45, 2.75) is 12.5 Å². The van der Waals surface area contributed by atoms with Crippen LogP contribution in [0.3, 0.4) is 0 Å². The molecule has 3 rings (SSSR count). The number of hydrogen-bond acceptors (Lipinski definition) is 3. The Kier molecular flexibility index (Phi) is 7.27.